The Kier molecular flexibility index (Phi) is 3.30. The lowest BCUT2D eigenvalue weighted by atomic mass is 10.1. The van der Waals surface area contributed by atoms with E-state index >= 15 is 0 Å². The van der Waals surface area contributed by atoms with Crippen molar-refractivity contribution < 1.29 is 4.42 Å². The molecule has 0 saturated heterocycles. The van der Waals surface area contributed by atoms with Gasteiger partial charge in [0.2, 0.25) is 0 Å². The third kappa shape index (κ3) is 2.38. The van der Waals surface area contributed by atoms with E-state index in [0.717, 1.165) is 15.7 Å². The summed E-state index contributed by atoms with van der Waals surface area (Å²) in [5, 5.41) is 5.96. The second-order valence-electron chi connectivity index (χ2n) is 4.56. The van der Waals surface area contributed by atoms with Crippen molar-refractivity contribution in [3.05, 3.63) is 65.0 Å². The Hall–Kier alpha value is -1.74. The van der Waals surface area contributed by atoms with Crippen LogP contribution < -0.4 is 5.32 Å². The van der Waals surface area contributed by atoms with E-state index in [9.17, 15) is 0 Å². The highest BCUT2D eigenvalue weighted by molar-refractivity contribution is 9.10. The van der Waals surface area contributed by atoms with Gasteiger partial charge in [0.15, 0.2) is 0 Å². The highest BCUT2D eigenvalue weighted by Gasteiger charge is 2.09. The summed E-state index contributed by atoms with van der Waals surface area (Å²) in [6.45, 7) is 2.13. The number of anilines is 1. The van der Waals surface area contributed by atoms with Gasteiger partial charge in [-0.25, -0.2) is 0 Å². The molecule has 96 valence electrons. The predicted octanol–water partition coefficient (Wildman–Crippen LogP) is 5.37. The van der Waals surface area contributed by atoms with Gasteiger partial charge in [0.1, 0.15) is 0 Å². The molecule has 3 rings (SSSR count). The molecule has 1 heterocycles. The zero-order valence-electron chi connectivity index (χ0n) is 10.6. The Balaban J connectivity index is 2.00. The number of fused-ring (bicyclic) bond motifs is 1. The molecular weight excluding hydrogens is 302 g/mol. The summed E-state index contributed by atoms with van der Waals surface area (Å²) in [6, 6.07) is 14.7. The van der Waals surface area contributed by atoms with Gasteiger partial charge >= 0.3 is 0 Å². The van der Waals surface area contributed by atoms with Gasteiger partial charge in [0.05, 0.1) is 18.6 Å². The van der Waals surface area contributed by atoms with Crippen molar-refractivity contribution in [1.29, 1.82) is 0 Å². The van der Waals surface area contributed by atoms with Gasteiger partial charge in [0, 0.05) is 21.1 Å². The lowest BCUT2D eigenvalue weighted by molar-refractivity contribution is 0.562. The normalized spacial score (nSPS) is 12.5. The molecule has 1 atom stereocenters. The van der Waals surface area contributed by atoms with Gasteiger partial charge in [-0.3, -0.25) is 0 Å². The van der Waals surface area contributed by atoms with E-state index in [4.69, 9.17) is 4.42 Å². The summed E-state index contributed by atoms with van der Waals surface area (Å²) in [7, 11) is 0. The fourth-order valence-corrected chi connectivity index (χ4v) is 2.70. The van der Waals surface area contributed by atoms with Gasteiger partial charge in [-0.2, -0.15) is 0 Å². The van der Waals surface area contributed by atoms with Crippen LogP contribution in [0.5, 0.6) is 0 Å². The SMILES string of the molecule is CC(Nc1ccc(Br)c2ccccc12)c1ccoc1. The Morgan fingerprint density at radius 3 is 2.58 bits per heavy atom. The fraction of sp³-hybridized carbons (Fsp3) is 0.125. The Morgan fingerprint density at radius 1 is 1.05 bits per heavy atom. The minimum absolute atomic E-state index is 0.211. The number of hydrogen-bond donors (Lipinski definition) is 1. The largest absolute Gasteiger partial charge is 0.472 e. The van der Waals surface area contributed by atoms with Crippen LogP contribution in [0.2, 0.25) is 0 Å². The molecule has 1 unspecified atom stereocenters. The molecule has 0 bridgehead atoms. The van der Waals surface area contributed by atoms with Crippen molar-refractivity contribution >= 4 is 32.4 Å². The van der Waals surface area contributed by atoms with Crippen LogP contribution in [0.3, 0.4) is 0 Å². The number of furan rings is 1. The summed E-state index contributed by atoms with van der Waals surface area (Å²) < 4.78 is 6.25. The molecule has 19 heavy (non-hydrogen) atoms. The van der Waals surface area contributed by atoms with E-state index < -0.39 is 0 Å². The predicted molar refractivity (Wildman–Crippen MR) is 82.4 cm³/mol. The number of nitrogens with one attached hydrogen (secondary N) is 1. The van der Waals surface area contributed by atoms with Crippen molar-refractivity contribution in [2.45, 2.75) is 13.0 Å². The quantitative estimate of drug-likeness (QED) is 0.703. The maximum Gasteiger partial charge on any atom is 0.0955 e. The molecule has 3 aromatic rings. The van der Waals surface area contributed by atoms with Crippen LogP contribution in [-0.2, 0) is 0 Å². The summed E-state index contributed by atoms with van der Waals surface area (Å²) in [5.41, 5.74) is 2.28. The molecule has 0 aliphatic rings. The van der Waals surface area contributed by atoms with Gasteiger partial charge in [-0.05, 0) is 30.5 Å². The molecule has 0 radical (unpaired) electrons. The maximum atomic E-state index is 5.13. The van der Waals surface area contributed by atoms with Crippen LogP contribution >= 0.6 is 15.9 Å². The smallest absolute Gasteiger partial charge is 0.0955 e. The van der Waals surface area contributed by atoms with Gasteiger partial charge in [-0.15, -0.1) is 0 Å². The highest BCUT2D eigenvalue weighted by Crippen LogP contribution is 2.32. The first kappa shape index (κ1) is 12.3. The second-order valence-corrected chi connectivity index (χ2v) is 5.42. The molecule has 3 heteroatoms. The first-order valence-electron chi connectivity index (χ1n) is 6.21. The lowest BCUT2D eigenvalue weighted by Crippen LogP contribution is -2.05. The van der Waals surface area contributed by atoms with Gasteiger partial charge < -0.3 is 9.73 Å². The lowest BCUT2D eigenvalue weighted by Gasteiger charge is -2.16. The van der Waals surface area contributed by atoms with E-state index in [1.54, 1.807) is 12.5 Å². The molecule has 0 amide bonds. The molecule has 0 spiro atoms. The van der Waals surface area contributed by atoms with Crippen molar-refractivity contribution in [1.82, 2.24) is 0 Å². The molecule has 0 fully saturated rings. The van der Waals surface area contributed by atoms with Crippen LogP contribution in [0.1, 0.15) is 18.5 Å². The second kappa shape index (κ2) is 5.10. The average Bonchev–Trinajstić information content (AvgIpc) is 2.96. The third-order valence-corrected chi connectivity index (χ3v) is 3.98. The summed E-state index contributed by atoms with van der Waals surface area (Å²) in [5.74, 6) is 0. The van der Waals surface area contributed by atoms with E-state index in [0.29, 0.717) is 0 Å². The molecule has 1 aromatic heterocycles. The maximum absolute atomic E-state index is 5.13. The van der Waals surface area contributed by atoms with E-state index in [-0.39, 0.29) is 6.04 Å². The molecule has 2 aromatic carbocycles. The Bertz CT molecular complexity index is 691. The van der Waals surface area contributed by atoms with Gasteiger partial charge in [0.25, 0.3) is 0 Å². The van der Waals surface area contributed by atoms with E-state index in [1.165, 1.54) is 10.8 Å². The molecule has 2 nitrogen and oxygen atoms in total. The first-order chi connectivity index (χ1) is 9.25. The topological polar surface area (TPSA) is 25.2 Å². The molecule has 0 aliphatic heterocycles. The fourth-order valence-electron chi connectivity index (χ4n) is 2.23. The minimum Gasteiger partial charge on any atom is -0.472 e. The zero-order valence-corrected chi connectivity index (χ0v) is 12.1. The van der Waals surface area contributed by atoms with Crippen LogP contribution in [0, 0.1) is 0 Å². The van der Waals surface area contributed by atoms with Crippen LogP contribution in [0.4, 0.5) is 5.69 Å². The minimum atomic E-state index is 0.211. The number of halogens is 1. The first-order valence-corrected chi connectivity index (χ1v) is 7.01. The zero-order chi connectivity index (χ0) is 13.2. The van der Waals surface area contributed by atoms with Crippen molar-refractivity contribution in [3.63, 3.8) is 0 Å². The van der Waals surface area contributed by atoms with Crippen LogP contribution in [0.25, 0.3) is 10.8 Å². The van der Waals surface area contributed by atoms with E-state index in [2.05, 4.69) is 64.6 Å². The highest BCUT2D eigenvalue weighted by atomic mass is 79.9. The van der Waals surface area contributed by atoms with Crippen molar-refractivity contribution in [3.8, 4) is 0 Å². The Labute approximate surface area is 120 Å². The monoisotopic (exact) mass is 315 g/mol. The van der Waals surface area contributed by atoms with Gasteiger partial charge in [-0.1, -0.05) is 40.2 Å². The van der Waals surface area contributed by atoms with Crippen molar-refractivity contribution in [2.24, 2.45) is 0 Å². The number of rotatable bonds is 3. The molecular formula is C16H14BrNO. The summed E-state index contributed by atoms with van der Waals surface area (Å²) in [6.07, 6.45) is 3.48. The molecule has 0 aliphatic carbocycles. The Morgan fingerprint density at radius 2 is 1.84 bits per heavy atom. The standard InChI is InChI=1S/C16H14BrNO/c1-11(12-8-9-19-10-12)18-16-7-6-15(17)13-4-2-3-5-14(13)16/h2-11,18H,1H3. The van der Waals surface area contributed by atoms with Crippen LogP contribution in [0.15, 0.2) is 63.9 Å². The van der Waals surface area contributed by atoms with Crippen molar-refractivity contribution in [2.75, 3.05) is 5.32 Å². The summed E-state index contributed by atoms with van der Waals surface area (Å²) >= 11 is 3.59. The number of benzene rings is 2. The molecule has 1 N–H and O–H groups in total. The van der Waals surface area contributed by atoms with E-state index in [1.807, 2.05) is 6.07 Å². The van der Waals surface area contributed by atoms with Crippen LogP contribution in [-0.4, -0.2) is 0 Å². The molecule has 0 saturated carbocycles. The average molecular weight is 316 g/mol. The number of hydrogen-bond acceptors (Lipinski definition) is 2. The summed E-state index contributed by atoms with van der Waals surface area (Å²) in [4.78, 5) is 0. The third-order valence-electron chi connectivity index (χ3n) is 3.29.